The number of hydrogen-bond donors (Lipinski definition) is 2. The molecule has 0 aliphatic carbocycles. The van der Waals surface area contributed by atoms with Gasteiger partial charge in [0.05, 0.1) is 16.3 Å². The zero-order chi connectivity index (χ0) is 14.3. The SMILES string of the molecule is CNS(=O)(=O)c1ccc(N)c(N2CCCC2(C)C)c1. The van der Waals surface area contributed by atoms with Crippen LogP contribution in [-0.2, 0) is 10.0 Å². The minimum Gasteiger partial charge on any atom is -0.397 e. The first-order chi connectivity index (χ1) is 8.78. The van der Waals surface area contributed by atoms with Gasteiger partial charge >= 0.3 is 0 Å². The monoisotopic (exact) mass is 283 g/mol. The molecule has 1 aromatic rings. The van der Waals surface area contributed by atoms with Crippen LogP contribution in [0.25, 0.3) is 0 Å². The van der Waals surface area contributed by atoms with Crippen molar-refractivity contribution >= 4 is 21.4 Å². The van der Waals surface area contributed by atoms with Crippen LogP contribution in [0.5, 0.6) is 0 Å². The quantitative estimate of drug-likeness (QED) is 0.825. The molecule has 106 valence electrons. The molecule has 1 aromatic carbocycles. The molecule has 0 bridgehead atoms. The Morgan fingerprint density at radius 3 is 2.58 bits per heavy atom. The third kappa shape index (κ3) is 2.55. The molecule has 1 aliphatic rings. The van der Waals surface area contributed by atoms with E-state index in [2.05, 4.69) is 23.5 Å². The zero-order valence-electron chi connectivity index (χ0n) is 11.6. The summed E-state index contributed by atoms with van der Waals surface area (Å²) in [6.45, 7) is 5.21. The summed E-state index contributed by atoms with van der Waals surface area (Å²) < 4.78 is 26.1. The summed E-state index contributed by atoms with van der Waals surface area (Å²) in [6.07, 6.45) is 2.17. The molecular weight excluding hydrogens is 262 g/mol. The number of hydrogen-bond acceptors (Lipinski definition) is 4. The molecule has 1 heterocycles. The molecule has 0 spiro atoms. The maximum atomic E-state index is 11.9. The van der Waals surface area contributed by atoms with Gasteiger partial charge in [-0.2, -0.15) is 0 Å². The molecule has 0 saturated carbocycles. The largest absolute Gasteiger partial charge is 0.397 e. The van der Waals surface area contributed by atoms with Gasteiger partial charge in [-0.25, -0.2) is 13.1 Å². The Morgan fingerprint density at radius 2 is 2.05 bits per heavy atom. The van der Waals surface area contributed by atoms with E-state index in [4.69, 9.17) is 5.73 Å². The van der Waals surface area contributed by atoms with E-state index < -0.39 is 10.0 Å². The molecule has 0 radical (unpaired) electrons. The third-order valence-electron chi connectivity index (χ3n) is 3.77. The number of nitrogens with one attached hydrogen (secondary N) is 1. The minimum atomic E-state index is -3.44. The Bertz CT molecular complexity index is 582. The van der Waals surface area contributed by atoms with Crippen molar-refractivity contribution < 1.29 is 8.42 Å². The van der Waals surface area contributed by atoms with Crippen LogP contribution in [0.3, 0.4) is 0 Å². The lowest BCUT2D eigenvalue weighted by atomic mass is 10.0. The fourth-order valence-electron chi connectivity index (χ4n) is 2.60. The Kier molecular flexibility index (Phi) is 3.49. The molecule has 5 nitrogen and oxygen atoms in total. The Balaban J connectivity index is 2.50. The van der Waals surface area contributed by atoms with E-state index in [9.17, 15) is 8.42 Å². The standard InChI is InChI=1S/C13H21N3O2S/c1-13(2)7-4-8-16(13)12-9-10(5-6-11(12)14)19(17,18)15-3/h5-6,9,15H,4,7-8,14H2,1-3H3. The maximum Gasteiger partial charge on any atom is 0.240 e. The summed E-state index contributed by atoms with van der Waals surface area (Å²) in [7, 11) is -2.03. The Morgan fingerprint density at radius 1 is 1.37 bits per heavy atom. The lowest BCUT2D eigenvalue weighted by molar-refractivity contribution is 0.518. The van der Waals surface area contributed by atoms with Crippen LogP contribution in [0.15, 0.2) is 23.1 Å². The van der Waals surface area contributed by atoms with Gasteiger partial charge in [0.1, 0.15) is 0 Å². The van der Waals surface area contributed by atoms with Crippen molar-refractivity contribution in [2.45, 2.75) is 37.1 Å². The van der Waals surface area contributed by atoms with Gasteiger partial charge in [0, 0.05) is 12.1 Å². The summed E-state index contributed by atoms with van der Waals surface area (Å²) in [4.78, 5) is 2.44. The fraction of sp³-hybridized carbons (Fsp3) is 0.538. The van der Waals surface area contributed by atoms with Gasteiger partial charge in [0.15, 0.2) is 0 Å². The summed E-state index contributed by atoms with van der Waals surface area (Å²) in [5.41, 5.74) is 7.45. The van der Waals surface area contributed by atoms with Gasteiger partial charge in [-0.3, -0.25) is 0 Å². The van der Waals surface area contributed by atoms with E-state index in [1.54, 1.807) is 12.1 Å². The molecule has 1 saturated heterocycles. The normalized spacial score (nSPS) is 18.8. The summed E-state index contributed by atoms with van der Waals surface area (Å²) in [6, 6.07) is 4.86. The highest BCUT2D eigenvalue weighted by Crippen LogP contribution is 2.37. The Hall–Kier alpha value is -1.27. The zero-order valence-corrected chi connectivity index (χ0v) is 12.4. The van der Waals surface area contributed by atoms with E-state index in [1.165, 1.54) is 13.1 Å². The molecule has 6 heteroatoms. The average Bonchev–Trinajstić information content (AvgIpc) is 2.69. The smallest absolute Gasteiger partial charge is 0.240 e. The van der Waals surface area contributed by atoms with Crippen molar-refractivity contribution in [1.82, 2.24) is 4.72 Å². The predicted molar refractivity (Wildman–Crippen MR) is 77.8 cm³/mol. The van der Waals surface area contributed by atoms with E-state index in [0.29, 0.717) is 5.69 Å². The highest BCUT2D eigenvalue weighted by Gasteiger charge is 2.33. The molecule has 0 amide bonds. The molecule has 19 heavy (non-hydrogen) atoms. The first-order valence-corrected chi connectivity index (χ1v) is 7.87. The molecule has 0 aromatic heterocycles. The molecule has 0 atom stereocenters. The first-order valence-electron chi connectivity index (χ1n) is 6.39. The number of nitrogens with zero attached hydrogens (tertiary/aromatic N) is 1. The molecule has 1 aliphatic heterocycles. The summed E-state index contributed by atoms with van der Waals surface area (Å²) in [5.74, 6) is 0. The number of nitrogen functional groups attached to an aromatic ring is 1. The second-order valence-electron chi connectivity index (χ2n) is 5.50. The highest BCUT2D eigenvalue weighted by atomic mass is 32.2. The number of rotatable bonds is 3. The maximum absolute atomic E-state index is 11.9. The molecular formula is C13H21N3O2S. The van der Waals surface area contributed by atoms with Crippen LogP contribution in [-0.4, -0.2) is 27.5 Å². The van der Waals surface area contributed by atoms with Crippen molar-refractivity contribution in [2.24, 2.45) is 0 Å². The molecule has 0 unspecified atom stereocenters. The molecule has 1 fully saturated rings. The average molecular weight is 283 g/mol. The number of benzene rings is 1. The van der Waals surface area contributed by atoms with Crippen molar-refractivity contribution in [3.05, 3.63) is 18.2 Å². The van der Waals surface area contributed by atoms with Crippen LogP contribution in [0, 0.1) is 0 Å². The van der Waals surface area contributed by atoms with Gasteiger partial charge < -0.3 is 10.6 Å². The van der Waals surface area contributed by atoms with Gasteiger partial charge in [-0.15, -0.1) is 0 Å². The predicted octanol–water partition coefficient (Wildman–Crippen LogP) is 1.56. The number of sulfonamides is 1. The highest BCUT2D eigenvalue weighted by molar-refractivity contribution is 7.89. The van der Waals surface area contributed by atoms with Crippen molar-refractivity contribution in [2.75, 3.05) is 24.2 Å². The van der Waals surface area contributed by atoms with E-state index in [1.807, 2.05) is 0 Å². The summed E-state index contributed by atoms with van der Waals surface area (Å²) >= 11 is 0. The summed E-state index contributed by atoms with van der Waals surface area (Å²) in [5, 5.41) is 0. The second kappa shape index (κ2) is 4.68. The first kappa shape index (κ1) is 14.1. The number of nitrogens with two attached hydrogens (primary N) is 1. The van der Waals surface area contributed by atoms with Gasteiger partial charge in [0.25, 0.3) is 0 Å². The third-order valence-corrected chi connectivity index (χ3v) is 5.18. The van der Waals surface area contributed by atoms with Crippen LogP contribution in [0.4, 0.5) is 11.4 Å². The molecule has 3 N–H and O–H groups in total. The minimum absolute atomic E-state index is 0.0101. The van der Waals surface area contributed by atoms with E-state index in [-0.39, 0.29) is 10.4 Å². The van der Waals surface area contributed by atoms with Crippen LogP contribution in [0.2, 0.25) is 0 Å². The van der Waals surface area contributed by atoms with E-state index in [0.717, 1.165) is 25.1 Å². The van der Waals surface area contributed by atoms with Gasteiger partial charge in [-0.1, -0.05) is 0 Å². The van der Waals surface area contributed by atoms with Crippen molar-refractivity contribution in [3.8, 4) is 0 Å². The topological polar surface area (TPSA) is 75.4 Å². The van der Waals surface area contributed by atoms with Crippen LogP contribution >= 0.6 is 0 Å². The van der Waals surface area contributed by atoms with E-state index >= 15 is 0 Å². The van der Waals surface area contributed by atoms with Crippen molar-refractivity contribution in [3.63, 3.8) is 0 Å². The number of anilines is 2. The Labute approximate surface area is 114 Å². The van der Waals surface area contributed by atoms with Crippen LogP contribution < -0.4 is 15.4 Å². The lowest BCUT2D eigenvalue weighted by Crippen LogP contribution is -2.38. The fourth-order valence-corrected chi connectivity index (χ4v) is 3.35. The second-order valence-corrected chi connectivity index (χ2v) is 7.38. The van der Waals surface area contributed by atoms with Gasteiger partial charge in [0.2, 0.25) is 10.0 Å². The molecule has 2 rings (SSSR count). The lowest BCUT2D eigenvalue weighted by Gasteiger charge is -2.34. The van der Waals surface area contributed by atoms with Crippen LogP contribution in [0.1, 0.15) is 26.7 Å². The van der Waals surface area contributed by atoms with Gasteiger partial charge in [-0.05, 0) is 51.9 Å². The van der Waals surface area contributed by atoms with Crippen molar-refractivity contribution in [1.29, 1.82) is 0 Å².